The van der Waals surface area contributed by atoms with Crippen molar-refractivity contribution in [2.24, 2.45) is 0 Å². The molecule has 2 aromatic carbocycles. The monoisotopic (exact) mass is 363 g/mol. The zero-order chi connectivity index (χ0) is 18.0. The summed E-state index contributed by atoms with van der Waals surface area (Å²) in [6.07, 6.45) is 1.63. The fourth-order valence-electron chi connectivity index (χ4n) is 2.23. The number of aryl methyl sites for hydroxylation is 1. The molecule has 3 aromatic rings. The number of halogens is 2. The Morgan fingerprint density at radius 1 is 1.04 bits per heavy atom. The van der Waals surface area contributed by atoms with Gasteiger partial charge in [-0.25, -0.2) is 17.2 Å². The second-order valence-corrected chi connectivity index (χ2v) is 7.25. The Kier molecular flexibility index (Phi) is 4.54. The van der Waals surface area contributed by atoms with Crippen molar-refractivity contribution in [1.82, 2.24) is 9.78 Å². The van der Waals surface area contributed by atoms with Gasteiger partial charge in [0.15, 0.2) is 17.5 Å². The van der Waals surface area contributed by atoms with Crippen LogP contribution in [0.25, 0.3) is 0 Å². The predicted molar refractivity (Wildman–Crippen MR) is 89.7 cm³/mol. The Morgan fingerprint density at radius 3 is 2.44 bits per heavy atom. The molecule has 0 unspecified atom stereocenters. The molecule has 0 radical (unpaired) electrons. The maximum Gasteiger partial charge on any atom is 0.263 e. The average molecular weight is 363 g/mol. The molecule has 0 amide bonds. The van der Waals surface area contributed by atoms with E-state index in [1.165, 1.54) is 6.07 Å². The third-order valence-electron chi connectivity index (χ3n) is 3.55. The third-order valence-corrected chi connectivity index (χ3v) is 4.90. The summed E-state index contributed by atoms with van der Waals surface area (Å²) in [5.41, 5.74) is 2.16. The summed E-state index contributed by atoms with van der Waals surface area (Å²) in [6.45, 7) is 2.47. The lowest BCUT2D eigenvalue weighted by Crippen LogP contribution is -2.14. The number of sulfonamides is 1. The second kappa shape index (κ2) is 6.64. The van der Waals surface area contributed by atoms with Crippen LogP contribution in [0.2, 0.25) is 0 Å². The SMILES string of the molecule is Cc1ccc(Cn2ccc(NS(=O)(=O)c3ccc(F)c(F)c3)n2)cc1. The van der Waals surface area contributed by atoms with Crippen LogP contribution in [0.15, 0.2) is 59.6 Å². The van der Waals surface area contributed by atoms with E-state index in [0.29, 0.717) is 12.6 Å². The summed E-state index contributed by atoms with van der Waals surface area (Å²) in [5.74, 6) is -2.24. The number of anilines is 1. The molecule has 25 heavy (non-hydrogen) atoms. The zero-order valence-corrected chi connectivity index (χ0v) is 14.1. The van der Waals surface area contributed by atoms with Crippen molar-refractivity contribution in [1.29, 1.82) is 0 Å². The minimum absolute atomic E-state index is 0.0943. The molecular formula is C17H15F2N3O2S. The van der Waals surface area contributed by atoms with Crippen molar-refractivity contribution in [3.05, 3.63) is 77.5 Å². The molecule has 0 aliphatic heterocycles. The molecule has 3 rings (SSSR count). The molecule has 0 saturated heterocycles. The Labute approximate surface area is 144 Å². The number of nitrogens with zero attached hydrogens (tertiary/aromatic N) is 2. The van der Waals surface area contributed by atoms with Gasteiger partial charge >= 0.3 is 0 Å². The molecule has 0 spiro atoms. The fraction of sp³-hybridized carbons (Fsp3) is 0.118. The summed E-state index contributed by atoms with van der Waals surface area (Å²) in [5, 5.41) is 4.14. The lowest BCUT2D eigenvalue weighted by Gasteiger charge is -2.06. The van der Waals surface area contributed by atoms with Gasteiger partial charge in [0.05, 0.1) is 11.4 Å². The van der Waals surface area contributed by atoms with Crippen molar-refractivity contribution in [3.63, 3.8) is 0 Å². The second-order valence-electron chi connectivity index (χ2n) is 5.57. The van der Waals surface area contributed by atoms with E-state index >= 15 is 0 Å². The fourth-order valence-corrected chi connectivity index (χ4v) is 3.23. The quantitative estimate of drug-likeness (QED) is 0.756. The van der Waals surface area contributed by atoms with Crippen LogP contribution in [-0.2, 0) is 16.6 Å². The predicted octanol–water partition coefficient (Wildman–Crippen LogP) is 3.32. The van der Waals surface area contributed by atoms with E-state index in [4.69, 9.17) is 0 Å². The molecule has 1 aromatic heterocycles. The van der Waals surface area contributed by atoms with Crippen LogP contribution in [0, 0.1) is 18.6 Å². The van der Waals surface area contributed by atoms with Gasteiger partial charge in [0, 0.05) is 12.3 Å². The van der Waals surface area contributed by atoms with Gasteiger partial charge in [-0.15, -0.1) is 0 Å². The number of rotatable bonds is 5. The van der Waals surface area contributed by atoms with Gasteiger partial charge in [-0.2, -0.15) is 5.10 Å². The van der Waals surface area contributed by atoms with E-state index < -0.39 is 21.7 Å². The molecular weight excluding hydrogens is 348 g/mol. The van der Waals surface area contributed by atoms with Gasteiger partial charge in [-0.3, -0.25) is 9.40 Å². The van der Waals surface area contributed by atoms with Crippen molar-refractivity contribution >= 4 is 15.8 Å². The van der Waals surface area contributed by atoms with Gasteiger partial charge in [0.1, 0.15) is 0 Å². The molecule has 130 valence electrons. The topological polar surface area (TPSA) is 64.0 Å². The Hall–Kier alpha value is -2.74. The van der Waals surface area contributed by atoms with E-state index in [2.05, 4.69) is 9.82 Å². The van der Waals surface area contributed by atoms with Crippen LogP contribution in [0.1, 0.15) is 11.1 Å². The van der Waals surface area contributed by atoms with Crippen LogP contribution < -0.4 is 4.72 Å². The number of hydrogen-bond donors (Lipinski definition) is 1. The minimum Gasteiger partial charge on any atom is -0.266 e. The van der Waals surface area contributed by atoms with E-state index in [9.17, 15) is 17.2 Å². The highest BCUT2D eigenvalue weighted by Gasteiger charge is 2.17. The smallest absolute Gasteiger partial charge is 0.263 e. The van der Waals surface area contributed by atoms with Gasteiger partial charge in [0.2, 0.25) is 0 Å². The highest BCUT2D eigenvalue weighted by molar-refractivity contribution is 7.92. The van der Waals surface area contributed by atoms with Gasteiger partial charge in [-0.1, -0.05) is 29.8 Å². The molecule has 1 heterocycles. The molecule has 8 heteroatoms. The summed E-state index contributed by atoms with van der Waals surface area (Å²) < 4.78 is 54.4. The Morgan fingerprint density at radius 2 is 1.76 bits per heavy atom. The van der Waals surface area contributed by atoms with E-state index in [1.807, 2.05) is 31.2 Å². The summed E-state index contributed by atoms with van der Waals surface area (Å²) in [7, 11) is -4.05. The lowest BCUT2D eigenvalue weighted by molar-refractivity contribution is 0.504. The summed E-state index contributed by atoms with van der Waals surface area (Å²) >= 11 is 0. The number of benzene rings is 2. The Bertz CT molecular complexity index is 999. The molecule has 0 saturated carbocycles. The average Bonchev–Trinajstić information content (AvgIpc) is 2.98. The van der Waals surface area contributed by atoms with Crippen molar-refractivity contribution < 1.29 is 17.2 Å². The molecule has 0 fully saturated rings. The highest BCUT2D eigenvalue weighted by Crippen LogP contribution is 2.17. The van der Waals surface area contributed by atoms with E-state index in [1.54, 1.807) is 10.9 Å². The van der Waals surface area contributed by atoms with Gasteiger partial charge in [-0.05, 0) is 30.7 Å². The largest absolute Gasteiger partial charge is 0.266 e. The van der Waals surface area contributed by atoms with Crippen molar-refractivity contribution in [2.75, 3.05) is 4.72 Å². The molecule has 1 N–H and O–H groups in total. The first-order chi connectivity index (χ1) is 11.8. The standard InChI is InChI=1S/C17H15F2N3O2S/c1-12-2-4-13(5-3-12)11-22-9-8-17(20-22)21-25(23,24)14-6-7-15(18)16(19)10-14/h2-10H,11H2,1H3,(H,20,21). The molecule has 0 aliphatic rings. The maximum absolute atomic E-state index is 13.2. The van der Waals surface area contributed by atoms with Crippen LogP contribution >= 0.6 is 0 Å². The minimum atomic E-state index is -4.05. The maximum atomic E-state index is 13.2. The van der Waals surface area contributed by atoms with Crippen LogP contribution in [0.5, 0.6) is 0 Å². The summed E-state index contributed by atoms with van der Waals surface area (Å²) in [4.78, 5) is -0.375. The highest BCUT2D eigenvalue weighted by atomic mass is 32.2. The number of aromatic nitrogens is 2. The van der Waals surface area contributed by atoms with Gasteiger partial charge in [0.25, 0.3) is 10.0 Å². The first-order valence-electron chi connectivity index (χ1n) is 7.40. The first kappa shape index (κ1) is 17.1. The number of hydrogen-bond acceptors (Lipinski definition) is 3. The van der Waals surface area contributed by atoms with Crippen molar-refractivity contribution in [3.8, 4) is 0 Å². The van der Waals surface area contributed by atoms with Crippen LogP contribution in [0.3, 0.4) is 0 Å². The van der Waals surface area contributed by atoms with E-state index in [-0.39, 0.29) is 10.7 Å². The van der Waals surface area contributed by atoms with Crippen LogP contribution in [-0.4, -0.2) is 18.2 Å². The van der Waals surface area contributed by atoms with Gasteiger partial charge < -0.3 is 0 Å². The van der Waals surface area contributed by atoms with E-state index in [0.717, 1.165) is 23.3 Å². The number of nitrogens with one attached hydrogen (secondary N) is 1. The van der Waals surface area contributed by atoms with Crippen molar-refractivity contribution in [2.45, 2.75) is 18.4 Å². The molecule has 0 atom stereocenters. The summed E-state index contributed by atoms with van der Waals surface area (Å²) in [6, 6.07) is 11.7. The zero-order valence-electron chi connectivity index (χ0n) is 13.3. The molecule has 5 nitrogen and oxygen atoms in total. The van der Waals surface area contributed by atoms with Crippen LogP contribution in [0.4, 0.5) is 14.6 Å². The first-order valence-corrected chi connectivity index (χ1v) is 8.89. The molecule has 0 bridgehead atoms. The lowest BCUT2D eigenvalue weighted by atomic mass is 10.1. The molecule has 0 aliphatic carbocycles. The Balaban J connectivity index is 1.75. The third kappa shape index (κ3) is 4.03. The normalized spacial score (nSPS) is 11.5.